The minimum Gasteiger partial charge on any atom is -0.487 e. The summed E-state index contributed by atoms with van der Waals surface area (Å²) in [5, 5.41) is 0. The molecule has 0 amide bonds. The molecule has 0 bridgehead atoms. The molecule has 1 aliphatic carbocycles. The Bertz CT molecular complexity index is 295. The highest BCUT2D eigenvalue weighted by Gasteiger charge is 2.24. The molecule has 2 rings (SSSR count). The number of nitrogen functional groups attached to an aromatic ring is 1. The molecule has 0 unspecified atom stereocenters. The molecule has 0 atom stereocenters. The highest BCUT2D eigenvalue weighted by molar-refractivity contribution is 5.46. The fourth-order valence-electron chi connectivity index (χ4n) is 1.03. The summed E-state index contributed by atoms with van der Waals surface area (Å²) in [6.45, 7) is 1.91. The number of hydrogen-bond acceptors (Lipinski definition) is 3. The van der Waals surface area contributed by atoms with Crippen molar-refractivity contribution in [1.82, 2.24) is 4.98 Å². The summed E-state index contributed by atoms with van der Waals surface area (Å²) < 4.78 is 5.52. The molecule has 2 N–H and O–H groups in total. The maximum absolute atomic E-state index is 5.66. The van der Waals surface area contributed by atoms with Gasteiger partial charge < -0.3 is 10.5 Å². The summed E-state index contributed by atoms with van der Waals surface area (Å²) in [5.74, 6) is 1.23. The molecule has 0 saturated heterocycles. The first-order valence-corrected chi connectivity index (χ1v) is 4.15. The number of rotatable bonds is 2. The van der Waals surface area contributed by atoms with Crippen molar-refractivity contribution < 1.29 is 4.74 Å². The van der Waals surface area contributed by atoms with Crippen LogP contribution in [0.25, 0.3) is 0 Å². The average Bonchev–Trinajstić information content (AvgIpc) is 2.79. The molecule has 0 aromatic carbocycles. The van der Waals surface area contributed by atoms with Crippen LogP contribution < -0.4 is 10.5 Å². The predicted molar refractivity (Wildman–Crippen MR) is 47.0 cm³/mol. The third-order valence-electron chi connectivity index (χ3n) is 1.84. The number of anilines is 1. The standard InChI is InChI=1S/C9H12N2O/c1-6-2-5-8(9(10)11-6)12-7-3-4-7/h2,5,7H,3-4H2,1H3,(H2,10,11). The van der Waals surface area contributed by atoms with Crippen LogP contribution in [0.3, 0.4) is 0 Å². The van der Waals surface area contributed by atoms with Crippen molar-refractivity contribution in [2.75, 3.05) is 5.73 Å². The van der Waals surface area contributed by atoms with Crippen molar-refractivity contribution >= 4 is 5.82 Å². The smallest absolute Gasteiger partial charge is 0.166 e. The van der Waals surface area contributed by atoms with Crippen LogP contribution in [0.5, 0.6) is 5.75 Å². The third-order valence-corrected chi connectivity index (χ3v) is 1.84. The second-order valence-electron chi connectivity index (χ2n) is 3.15. The van der Waals surface area contributed by atoms with E-state index < -0.39 is 0 Å². The SMILES string of the molecule is Cc1ccc(OC2CC2)c(N)n1. The lowest BCUT2D eigenvalue weighted by atomic mass is 10.3. The van der Waals surface area contributed by atoms with Gasteiger partial charge in [-0.3, -0.25) is 0 Å². The van der Waals surface area contributed by atoms with Crippen molar-refractivity contribution in [2.45, 2.75) is 25.9 Å². The van der Waals surface area contributed by atoms with E-state index in [0.29, 0.717) is 11.9 Å². The summed E-state index contributed by atoms with van der Waals surface area (Å²) in [6.07, 6.45) is 2.68. The summed E-state index contributed by atoms with van der Waals surface area (Å²) in [6, 6.07) is 3.80. The van der Waals surface area contributed by atoms with E-state index in [-0.39, 0.29) is 0 Å². The predicted octanol–water partition coefficient (Wildman–Crippen LogP) is 1.51. The van der Waals surface area contributed by atoms with Gasteiger partial charge in [-0.15, -0.1) is 0 Å². The molecule has 64 valence electrons. The maximum Gasteiger partial charge on any atom is 0.166 e. The van der Waals surface area contributed by atoms with Gasteiger partial charge in [-0.05, 0) is 31.9 Å². The Kier molecular flexibility index (Phi) is 1.64. The Morgan fingerprint density at radius 1 is 1.50 bits per heavy atom. The number of nitrogens with two attached hydrogens (primary N) is 1. The Hall–Kier alpha value is -1.25. The lowest BCUT2D eigenvalue weighted by Crippen LogP contribution is -2.01. The molecule has 1 aliphatic rings. The van der Waals surface area contributed by atoms with Gasteiger partial charge >= 0.3 is 0 Å². The number of aryl methyl sites for hydroxylation is 1. The molecule has 1 saturated carbocycles. The van der Waals surface area contributed by atoms with E-state index in [1.165, 1.54) is 0 Å². The van der Waals surface area contributed by atoms with Gasteiger partial charge in [-0.2, -0.15) is 0 Å². The van der Waals surface area contributed by atoms with Crippen LogP contribution in [0.1, 0.15) is 18.5 Å². The summed E-state index contributed by atoms with van der Waals surface area (Å²) in [5.41, 5.74) is 6.59. The van der Waals surface area contributed by atoms with E-state index in [2.05, 4.69) is 4.98 Å². The van der Waals surface area contributed by atoms with Gasteiger partial charge in [0, 0.05) is 5.69 Å². The average molecular weight is 164 g/mol. The van der Waals surface area contributed by atoms with Crippen LogP contribution in [0.15, 0.2) is 12.1 Å². The van der Waals surface area contributed by atoms with Gasteiger partial charge in [0.05, 0.1) is 6.10 Å². The number of ether oxygens (including phenoxy) is 1. The van der Waals surface area contributed by atoms with E-state index in [1.807, 2.05) is 19.1 Å². The molecule has 3 heteroatoms. The first kappa shape index (κ1) is 7.40. The largest absolute Gasteiger partial charge is 0.487 e. The highest BCUT2D eigenvalue weighted by Crippen LogP contribution is 2.29. The second-order valence-corrected chi connectivity index (χ2v) is 3.15. The molecule has 0 spiro atoms. The number of hydrogen-bond donors (Lipinski definition) is 1. The van der Waals surface area contributed by atoms with Crippen LogP contribution >= 0.6 is 0 Å². The van der Waals surface area contributed by atoms with Crippen LogP contribution in [-0.2, 0) is 0 Å². The Morgan fingerprint density at radius 3 is 2.83 bits per heavy atom. The van der Waals surface area contributed by atoms with E-state index in [0.717, 1.165) is 24.3 Å². The van der Waals surface area contributed by atoms with Crippen LogP contribution in [0.2, 0.25) is 0 Å². The first-order valence-electron chi connectivity index (χ1n) is 4.15. The molecule has 0 aliphatic heterocycles. The van der Waals surface area contributed by atoms with E-state index >= 15 is 0 Å². The van der Waals surface area contributed by atoms with Crippen molar-refractivity contribution in [3.8, 4) is 5.75 Å². The maximum atomic E-state index is 5.66. The first-order chi connectivity index (χ1) is 5.75. The Labute approximate surface area is 71.6 Å². The summed E-state index contributed by atoms with van der Waals surface area (Å²) in [7, 11) is 0. The van der Waals surface area contributed by atoms with Gasteiger partial charge in [-0.1, -0.05) is 0 Å². The molecule has 1 aromatic rings. The van der Waals surface area contributed by atoms with Crippen LogP contribution in [-0.4, -0.2) is 11.1 Å². The zero-order valence-corrected chi connectivity index (χ0v) is 7.08. The summed E-state index contributed by atoms with van der Waals surface area (Å²) >= 11 is 0. The molecule has 12 heavy (non-hydrogen) atoms. The van der Waals surface area contributed by atoms with Crippen molar-refractivity contribution in [2.24, 2.45) is 0 Å². The van der Waals surface area contributed by atoms with E-state index in [1.54, 1.807) is 0 Å². The van der Waals surface area contributed by atoms with Crippen LogP contribution in [0.4, 0.5) is 5.82 Å². The second kappa shape index (κ2) is 2.66. The van der Waals surface area contributed by atoms with Gasteiger partial charge in [0.25, 0.3) is 0 Å². The highest BCUT2D eigenvalue weighted by atomic mass is 16.5. The minimum absolute atomic E-state index is 0.386. The van der Waals surface area contributed by atoms with Gasteiger partial charge in [0.1, 0.15) is 0 Å². The number of nitrogens with zero attached hydrogens (tertiary/aromatic N) is 1. The van der Waals surface area contributed by atoms with Crippen molar-refractivity contribution in [3.05, 3.63) is 17.8 Å². The van der Waals surface area contributed by atoms with Gasteiger partial charge in [0.15, 0.2) is 11.6 Å². The molecule has 1 aromatic heterocycles. The number of pyridine rings is 1. The van der Waals surface area contributed by atoms with Crippen LogP contribution in [0, 0.1) is 6.92 Å². The van der Waals surface area contributed by atoms with Crippen molar-refractivity contribution in [3.63, 3.8) is 0 Å². The Balaban J connectivity index is 2.18. The van der Waals surface area contributed by atoms with Gasteiger partial charge in [0.2, 0.25) is 0 Å². The molecular weight excluding hydrogens is 152 g/mol. The lowest BCUT2D eigenvalue weighted by molar-refractivity contribution is 0.304. The Morgan fingerprint density at radius 2 is 2.25 bits per heavy atom. The van der Waals surface area contributed by atoms with E-state index in [9.17, 15) is 0 Å². The zero-order valence-electron chi connectivity index (χ0n) is 7.08. The zero-order chi connectivity index (χ0) is 8.55. The molecule has 1 heterocycles. The fourth-order valence-corrected chi connectivity index (χ4v) is 1.03. The molecule has 1 fully saturated rings. The molecule has 0 radical (unpaired) electrons. The molecule has 3 nitrogen and oxygen atoms in total. The normalized spacial score (nSPS) is 16.1. The third kappa shape index (κ3) is 1.49. The van der Waals surface area contributed by atoms with Gasteiger partial charge in [-0.25, -0.2) is 4.98 Å². The summed E-state index contributed by atoms with van der Waals surface area (Å²) in [4.78, 5) is 4.11. The van der Waals surface area contributed by atoms with E-state index in [4.69, 9.17) is 10.5 Å². The number of aromatic nitrogens is 1. The van der Waals surface area contributed by atoms with Crippen molar-refractivity contribution in [1.29, 1.82) is 0 Å². The monoisotopic (exact) mass is 164 g/mol. The quantitative estimate of drug-likeness (QED) is 0.720. The fraction of sp³-hybridized carbons (Fsp3) is 0.444. The molecular formula is C9H12N2O. The minimum atomic E-state index is 0.386. The lowest BCUT2D eigenvalue weighted by Gasteiger charge is -2.06. The topological polar surface area (TPSA) is 48.1 Å².